The summed E-state index contributed by atoms with van der Waals surface area (Å²) in [6.45, 7) is 7.82. The van der Waals surface area contributed by atoms with Crippen LogP contribution in [0, 0.1) is 17.8 Å². The van der Waals surface area contributed by atoms with Crippen LogP contribution in [-0.2, 0) is 11.3 Å². The van der Waals surface area contributed by atoms with Crippen LogP contribution in [0.25, 0.3) is 0 Å². The van der Waals surface area contributed by atoms with Gasteiger partial charge in [-0.25, -0.2) is 0 Å². The Morgan fingerprint density at radius 1 is 1.00 bits per heavy atom. The van der Waals surface area contributed by atoms with Gasteiger partial charge in [-0.2, -0.15) is 0 Å². The molecule has 5 fully saturated rings. The normalized spacial score (nSPS) is 40.2. The summed E-state index contributed by atoms with van der Waals surface area (Å²) in [6.07, 6.45) is 8.05. The highest BCUT2D eigenvalue weighted by Crippen LogP contribution is 2.55. The number of amides is 1. The smallest absolute Gasteiger partial charge is 0.278 e. The van der Waals surface area contributed by atoms with Gasteiger partial charge in [-0.3, -0.25) is 4.79 Å². The fraction of sp³-hybridized carbons (Fsp3) is 0.708. The molecule has 4 bridgehead atoms. The Kier molecular flexibility index (Phi) is 4.96. The van der Waals surface area contributed by atoms with E-state index in [1.165, 1.54) is 62.1 Å². The Hall–Kier alpha value is -1.39. The number of hydrogen-bond acceptors (Lipinski definition) is 1. The Labute approximate surface area is 169 Å². The van der Waals surface area contributed by atoms with Crippen LogP contribution in [0.4, 0.5) is 0 Å². The van der Waals surface area contributed by atoms with Gasteiger partial charge in [0.15, 0.2) is 6.04 Å². The molecule has 0 spiro atoms. The molecule has 1 heterocycles. The standard InChI is InChI=1S/C24H35N3O/c1-18(27-9-7-26(8-10-27)17-19-5-3-2-4-6-19)23(28)25-24-14-20-11-21(15-24)13-22(12-20)16-24/h2-6,18,20-22H,7-17H2,1H3,(H,25,28)/p+2/t18-,20?,21?,22?,24?/m0/s1. The van der Waals surface area contributed by atoms with E-state index in [9.17, 15) is 4.79 Å². The highest BCUT2D eigenvalue weighted by Gasteiger charge is 2.52. The van der Waals surface area contributed by atoms with Crippen LogP contribution < -0.4 is 15.1 Å². The van der Waals surface area contributed by atoms with Crippen molar-refractivity contribution in [2.75, 3.05) is 26.2 Å². The van der Waals surface area contributed by atoms with Crippen molar-refractivity contribution in [2.24, 2.45) is 17.8 Å². The quantitative estimate of drug-likeness (QED) is 0.678. The second-order valence-corrected chi connectivity index (χ2v) is 10.5. The van der Waals surface area contributed by atoms with Crippen molar-refractivity contribution < 1.29 is 14.6 Å². The Balaban J connectivity index is 1.14. The molecule has 4 heteroatoms. The minimum absolute atomic E-state index is 0.0891. The molecule has 28 heavy (non-hydrogen) atoms. The first kappa shape index (κ1) is 18.6. The number of carbonyl (C=O) groups is 1. The lowest BCUT2D eigenvalue weighted by atomic mass is 9.53. The molecule has 1 aromatic rings. The first-order valence-electron chi connectivity index (χ1n) is 11.6. The molecule has 4 nitrogen and oxygen atoms in total. The fourth-order valence-electron chi connectivity index (χ4n) is 7.24. The number of piperazine rings is 1. The molecule has 4 aliphatic carbocycles. The van der Waals surface area contributed by atoms with Crippen molar-refractivity contribution in [1.82, 2.24) is 5.32 Å². The molecule has 3 N–H and O–H groups in total. The van der Waals surface area contributed by atoms with E-state index in [2.05, 4.69) is 42.6 Å². The lowest BCUT2D eigenvalue weighted by molar-refractivity contribution is -1.02. The van der Waals surface area contributed by atoms with E-state index in [0.29, 0.717) is 5.91 Å². The van der Waals surface area contributed by atoms with Crippen LogP contribution in [0.3, 0.4) is 0 Å². The topological polar surface area (TPSA) is 38.0 Å². The van der Waals surface area contributed by atoms with Crippen LogP contribution in [0.5, 0.6) is 0 Å². The molecule has 1 saturated heterocycles. The molecular formula is C24H37N3O+2. The zero-order valence-corrected chi connectivity index (χ0v) is 17.4. The van der Waals surface area contributed by atoms with Crippen molar-refractivity contribution >= 4 is 5.91 Å². The predicted molar refractivity (Wildman–Crippen MR) is 110 cm³/mol. The van der Waals surface area contributed by atoms with Crippen LogP contribution in [0.2, 0.25) is 0 Å². The summed E-state index contributed by atoms with van der Waals surface area (Å²) in [5.74, 6) is 2.99. The van der Waals surface area contributed by atoms with Gasteiger partial charge in [0.05, 0.1) is 0 Å². The van der Waals surface area contributed by atoms with Crippen LogP contribution in [-0.4, -0.2) is 43.7 Å². The van der Waals surface area contributed by atoms with E-state index < -0.39 is 0 Å². The van der Waals surface area contributed by atoms with Crippen molar-refractivity contribution in [3.63, 3.8) is 0 Å². The van der Waals surface area contributed by atoms with Gasteiger partial charge in [-0.1, -0.05) is 30.3 Å². The van der Waals surface area contributed by atoms with Gasteiger partial charge in [0.1, 0.15) is 32.7 Å². The zero-order valence-electron chi connectivity index (χ0n) is 17.4. The van der Waals surface area contributed by atoms with E-state index in [0.717, 1.165) is 37.4 Å². The molecule has 1 aromatic carbocycles. The Bertz CT molecular complexity index is 660. The van der Waals surface area contributed by atoms with Crippen molar-refractivity contribution in [3.05, 3.63) is 35.9 Å². The second-order valence-electron chi connectivity index (χ2n) is 10.5. The fourth-order valence-corrected chi connectivity index (χ4v) is 7.24. The lowest BCUT2D eigenvalue weighted by Crippen LogP contribution is -3.29. The van der Waals surface area contributed by atoms with Gasteiger partial charge in [-0.05, 0) is 63.2 Å². The zero-order chi connectivity index (χ0) is 19.1. The van der Waals surface area contributed by atoms with E-state index in [4.69, 9.17) is 0 Å². The molecule has 0 radical (unpaired) electrons. The molecule has 152 valence electrons. The lowest BCUT2D eigenvalue weighted by Gasteiger charge is -2.57. The molecule has 6 rings (SSSR count). The molecular weight excluding hydrogens is 346 g/mol. The monoisotopic (exact) mass is 383 g/mol. The summed E-state index contributed by atoms with van der Waals surface area (Å²) in [5, 5.41) is 3.61. The van der Waals surface area contributed by atoms with Gasteiger partial charge in [0.25, 0.3) is 5.91 Å². The minimum Gasteiger partial charge on any atom is -0.345 e. The van der Waals surface area contributed by atoms with Gasteiger partial charge < -0.3 is 15.1 Å². The number of nitrogens with one attached hydrogen (secondary N) is 3. The van der Waals surface area contributed by atoms with Crippen molar-refractivity contribution in [1.29, 1.82) is 0 Å². The van der Waals surface area contributed by atoms with Gasteiger partial charge in [-0.15, -0.1) is 0 Å². The highest BCUT2D eigenvalue weighted by atomic mass is 16.2. The molecule has 4 saturated carbocycles. The highest BCUT2D eigenvalue weighted by molar-refractivity contribution is 5.80. The molecule has 0 unspecified atom stereocenters. The maximum absolute atomic E-state index is 13.2. The maximum Gasteiger partial charge on any atom is 0.278 e. The van der Waals surface area contributed by atoms with E-state index >= 15 is 0 Å². The van der Waals surface area contributed by atoms with Crippen molar-refractivity contribution in [3.8, 4) is 0 Å². The first-order valence-corrected chi connectivity index (χ1v) is 11.6. The summed E-state index contributed by atoms with van der Waals surface area (Å²) in [5.41, 5.74) is 1.58. The number of benzene rings is 1. The van der Waals surface area contributed by atoms with Crippen molar-refractivity contribution in [2.45, 2.75) is 63.6 Å². The molecule has 1 aliphatic heterocycles. The Morgan fingerprint density at radius 2 is 1.57 bits per heavy atom. The molecule has 0 aromatic heterocycles. The summed E-state index contributed by atoms with van der Waals surface area (Å²) in [6, 6.07) is 10.9. The molecule has 1 amide bonds. The SMILES string of the molecule is C[C@@H](C(=O)NC12CC3CC(CC(C3)C1)C2)[NH+]1CC[NH+](Cc2ccccc2)CC1. The summed E-state index contributed by atoms with van der Waals surface area (Å²) in [4.78, 5) is 16.3. The Morgan fingerprint density at radius 3 is 2.14 bits per heavy atom. The van der Waals surface area contributed by atoms with Gasteiger partial charge >= 0.3 is 0 Å². The average Bonchev–Trinajstić information content (AvgIpc) is 2.67. The third kappa shape index (κ3) is 3.73. The summed E-state index contributed by atoms with van der Waals surface area (Å²) in [7, 11) is 0. The first-order chi connectivity index (χ1) is 13.6. The largest absolute Gasteiger partial charge is 0.345 e. The van der Waals surface area contributed by atoms with E-state index in [1.807, 2.05) is 0 Å². The van der Waals surface area contributed by atoms with Crippen LogP contribution in [0.1, 0.15) is 51.0 Å². The summed E-state index contributed by atoms with van der Waals surface area (Å²) >= 11 is 0. The molecule has 1 atom stereocenters. The minimum atomic E-state index is 0.0891. The van der Waals surface area contributed by atoms with Gasteiger partial charge in [0, 0.05) is 11.1 Å². The number of rotatable bonds is 5. The summed E-state index contributed by atoms with van der Waals surface area (Å²) < 4.78 is 0. The predicted octanol–water partition coefficient (Wildman–Crippen LogP) is 0.444. The third-order valence-corrected chi connectivity index (χ3v) is 8.33. The maximum atomic E-state index is 13.2. The van der Waals surface area contributed by atoms with E-state index in [-0.39, 0.29) is 11.6 Å². The number of carbonyl (C=O) groups excluding carboxylic acids is 1. The van der Waals surface area contributed by atoms with Crippen LogP contribution in [0.15, 0.2) is 30.3 Å². The second kappa shape index (κ2) is 7.46. The van der Waals surface area contributed by atoms with Crippen LogP contribution >= 0.6 is 0 Å². The number of quaternary nitrogens is 2. The third-order valence-electron chi connectivity index (χ3n) is 8.33. The number of hydrogen-bond donors (Lipinski definition) is 3. The average molecular weight is 384 g/mol. The van der Waals surface area contributed by atoms with Gasteiger partial charge in [0.2, 0.25) is 0 Å². The van der Waals surface area contributed by atoms with E-state index in [1.54, 1.807) is 4.90 Å². The molecule has 5 aliphatic rings.